The quantitative estimate of drug-likeness (QED) is 0.753. The summed E-state index contributed by atoms with van der Waals surface area (Å²) < 4.78 is 10.3. The summed E-state index contributed by atoms with van der Waals surface area (Å²) in [6, 6.07) is 3.74. The highest BCUT2D eigenvalue weighted by atomic mass is 16.5. The molecule has 0 aliphatic carbocycles. The van der Waals surface area contributed by atoms with Gasteiger partial charge in [-0.2, -0.15) is 5.10 Å². The van der Waals surface area contributed by atoms with E-state index in [1.165, 1.54) is 0 Å². The smallest absolute Gasteiger partial charge is 0.233 e. The standard InChI is InChI=1S/C10H17N3O2/c1-4-15-7-9(11-2)8-5-6-10(14-3)13-12-8/h5-6,9,11H,4,7H2,1-3H3. The van der Waals surface area contributed by atoms with Crippen molar-refractivity contribution in [1.82, 2.24) is 15.5 Å². The average molecular weight is 211 g/mol. The lowest BCUT2D eigenvalue weighted by Crippen LogP contribution is -2.23. The number of aromatic nitrogens is 2. The van der Waals surface area contributed by atoms with Crippen LogP contribution in [0.2, 0.25) is 0 Å². The summed E-state index contributed by atoms with van der Waals surface area (Å²) in [7, 11) is 3.44. The summed E-state index contributed by atoms with van der Waals surface area (Å²) in [5.74, 6) is 0.519. The molecule has 5 nitrogen and oxygen atoms in total. The third-order valence-electron chi connectivity index (χ3n) is 2.06. The van der Waals surface area contributed by atoms with Gasteiger partial charge < -0.3 is 14.8 Å². The van der Waals surface area contributed by atoms with Crippen LogP contribution in [-0.2, 0) is 4.74 Å². The van der Waals surface area contributed by atoms with E-state index >= 15 is 0 Å². The van der Waals surface area contributed by atoms with Crippen LogP contribution in [0, 0.1) is 0 Å². The van der Waals surface area contributed by atoms with Crippen molar-refractivity contribution in [2.24, 2.45) is 0 Å². The zero-order valence-corrected chi connectivity index (χ0v) is 9.36. The van der Waals surface area contributed by atoms with Gasteiger partial charge in [0.1, 0.15) is 0 Å². The maximum atomic E-state index is 5.34. The molecule has 1 rings (SSSR count). The first-order chi connectivity index (χ1) is 7.31. The lowest BCUT2D eigenvalue weighted by molar-refractivity contribution is 0.124. The third-order valence-corrected chi connectivity index (χ3v) is 2.06. The zero-order valence-electron chi connectivity index (χ0n) is 9.36. The fourth-order valence-electron chi connectivity index (χ4n) is 1.18. The maximum absolute atomic E-state index is 5.34. The number of hydrogen-bond donors (Lipinski definition) is 1. The van der Waals surface area contributed by atoms with Gasteiger partial charge in [-0.15, -0.1) is 5.10 Å². The van der Waals surface area contributed by atoms with Crippen LogP contribution >= 0.6 is 0 Å². The molecular weight excluding hydrogens is 194 g/mol. The molecule has 1 aromatic rings. The third kappa shape index (κ3) is 3.45. The number of ether oxygens (including phenoxy) is 2. The molecule has 0 bridgehead atoms. The molecular formula is C10H17N3O2. The maximum Gasteiger partial charge on any atom is 0.233 e. The van der Waals surface area contributed by atoms with E-state index in [-0.39, 0.29) is 6.04 Å². The van der Waals surface area contributed by atoms with Gasteiger partial charge in [-0.1, -0.05) is 0 Å². The van der Waals surface area contributed by atoms with E-state index < -0.39 is 0 Å². The van der Waals surface area contributed by atoms with Gasteiger partial charge in [0, 0.05) is 12.7 Å². The number of hydrogen-bond acceptors (Lipinski definition) is 5. The summed E-state index contributed by atoms with van der Waals surface area (Å²) >= 11 is 0. The van der Waals surface area contributed by atoms with E-state index in [2.05, 4.69) is 15.5 Å². The molecule has 15 heavy (non-hydrogen) atoms. The van der Waals surface area contributed by atoms with Crippen LogP contribution in [-0.4, -0.2) is 37.6 Å². The molecule has 0 aliphatic heterocycles. The monoisotopic (exact) mass is 211 g/mol. The Morgan fingerprint density at radius 2 is 2.20 bits per heavy atom. The molecule has 0 saturated carbocycles. The van der Waals surface area contributed by atoms with Crippen molar-refractivity contribution in [3.63, 3.8) is 0 Å². The summed E-state index contributed by atoms with van der Waals surface area (Å²) in [5, 5.41) is 11.1. The van der Waals surface area contributed by atoms with Crippen LogP contribution in [0.1, 0.15) is 18.7 Å². The van der Waals surface area contributed by atoms with E-state index in [1.54, 1.807) is 13.2 Å². The van der Waals surface area contributed by atoms with Crippen molar-refractivity contribution in [3.05, 3.63) is 17.8 Å². The van der Waals surface area contributed by atoms with Gasteiger partial charge in [0.05, 0.1) is 25.5 Å². The fourth-order valence-corrected chi connectivity index (χ4v) is 1.18. The van der Waals surface area contributed by atoms with E-state index in [0.29, 0.717) is 19.1 Å². The SMILES string of the molecule is CCOCC(NC)c1ccc(OC)nn1. The zero-order chi connectivity index (χ0) is 11.1. The summed E-state index contributed by atoms with van der Waals surface area (Å²) in [5.41, 5.74) is 0.853. The lowest BCUT2D eigenvalue weighted by Gasteiger charge is -2.14. The first-order valence-electron chi connectivity index (χ1n) is 4.94. The molecule has 1 aromatic heterocycles. The summed E-state index contributed by atoms with van der Waals surface area (Å²) in [4.78, 5) is 0. The van der Waals surface area contributed by atoms with Crippen LogP contribution in [0.25, 0.3) is 0 Å². The number of nitrogens with one attached hydrogen (secondary N) is 1. The second-order valence-electron chi connectivity index (χ2n) is 3.00. The number of nitrogens with zero attached hydrogens (tertiary/aromatic N) is 2. The van der Waals surface area contributed by atoms with Gasteiger partial charge in [-0.3, -0.25) is 0 Å². The van der Waals surface area contributed by atoms with Crippen molar-refractivity contribution in [3.8, 4) is 5.88 Å². The van der Waals surface area contributed by atoms with Crippen LogP contribution in [0.5, 0.6) is 5.88 Å². The topological polar surface area (TPSA) is 56.3 Å². The first kappa shape index (κ1) is 11.9. The molecule has 0 aromatic carbocycles. The predicted octanol–water partition coefficient (Wildman–Crippen LogP) is 0.782. The second-order valence-corrected chi connectivity index (χ2v) is 3.00. The minimum Gasteiger partial charge on any atom is -0.480 e. The van der Waals surface area contributed by atoms with Crippen molar-refractivity contribution in [2.45, 2.75) is 13.0 Å². The first-order valence-corrected chi connectivity index (χ1v) is 4.94. The average Bonchev–Trinajstić information content (AvgIpc) is 2.31. The molecule has 84 valence electrons. The minimum atomic E-state index is 0.0726. The van der Waals surface area contributed by atoms with E-state index in [9.17, 15) is 0 Å². The predicted molar refractivity (Wildman–Crippen MR) is 56.9 cm³/mol. The van der Waals surface area contributed by atoms with E-state index in [0.717, 1.165) is 5.69 Å². The molecule has 1 N–H and O–H groups in total. The molecule has 0 aliphatic rings. The Morgan fingerprint density at radius 3 is 2.67 bits per heavy atom. The van der Waals surface area contributed by atoms with Crippen LogP contribution < -0.4 is 10.1 Å². The molecule has 0 radical (unpaired) electrons. The molecule has 0 amide bonds. The summed E-state index contributed by atoms with van der Waals surface area (Å²) in [6.07, 6.45) is 0. The van der Waals surface area contributed by atoms with Gasteiger partial charge in [-0.25, -0.2) is 0 Å². The largest absolute Gasteiger partial charge is 0.480 e. The Morgan fingerprint density at radius 1 is 1.40 bits per heavy atom. The number of methoxy groups -OCH3 is 1. The Bertz CT molecular complexity index is 277. The number of rotatable bonds is 6. The van der Waals surface area contributed by atoms with Gasteiger partial charge >= 0.3 is 0 Å². The Hall–Kier alpha value is -1.20. The lowest BCUT2D eigenvalue weighted by atomic mass is 10.2. The van der Waals surface area contributed by atoms with E-state index in [1.807, 2.05) is 20.0 Å². The molecule has 0 saturated heterocycles. The van der Waals surface area contributed by atoms with Crippen LogP contribution in [0.15, 0.2) is 12.1 Å². The molecule has 1 heterocycles. The highest BCUT2D eigenvalue weighted by Crippen LogP contribution is 2.11. The van der Waals surface area contributed by atoms with Crippen molar-refractivity contribution in [2.75, 3.05) is 27.4 Å². The molecule has 1 unspecified atom stereocenters. The molecule has 0 fully saturated rings. The highest BCUT2D eigenvalue weighted by Gasteiger charge is 2.11. The number of likely N-dealkylation sites (N-methyl/N-ethyl adjacent to an activating group) is 1. The minimum absolute atomic E-state index is 0.0726. The van der Waals surface area contributed by atoms with Crippen molar-refractivity contribution < 1.29 is 9.47 Å². The Kier molecular flexibility index (Phi) is 5.00. The van der Waals surface area contributed by atoms with Crippen LogP contribution in [0.3, 0.4) is 0 Å². The van der Waals surface area contributed by atoms with Gasteiger partial charge in [-0.05, 0) is 20.0 Å². The second kappa shape index (κ2) is 6.31. The van der Waals surface area contributed by atoms with E-state index in [4.69, 9.17) is 9.47 Å². The molecule has 1 atom stereocenters. The summed E-state index contributed by atoms with van der Waals surface area (Å²) in [6.45, 7) is 3.25. The Balaban J connectivity index is 2.65. The van der Waals surface area contributed by atoms with Gasteiger partial charge in [0.15, 0.2) is 0 Å². The van der Waals surface area contributed by atoms with Gasteiger partial charge in [0.25, 0.3) is 0 Å². The van der Waals surface area contributed by atoms with Gasteiger partial charge in [0.2, 0.25) is 5.88 Å². The van der Waals surface area contributed by atoms with Crippen molar-refractivity contribution >= 4 is 0 Å². The molecule has 0 spiro atoms. The fraction of sp³-hybridized carbons (Fsp3) is 0.600. The Labute approximate surface area is 89.8 Å². The van der Waals surface area contributed by atoms with Crippen molar-refractivity contribution in [1.29, 1.82) is 0 Å². The normalized spacial score (nSPS) is 12.5. The molecule has 5 heteroatoms. The highest BCUT2D eigenvalue weighted by molar-refractivity contribution is 5.14. The van der Waals surface area contributed by atoms with Crippen LogP contribution in [0.4, 0.5) is 0 Å².